The van der Waals surface area contributed by atoms with Crippen molar-refractivity contribution in [2.75, 3.05) is 20.8 Å². The van der Waals surface area contributed by atoms with Crippen molar-refractivity contribution in [1.29, 1.82) is 0 Å². The highest BCUT2D eigenvalue weighted by atomic mass is 16.5. The second kappa shape index (κ2) is 10.7. The lowest BCUT2D eigenvalue weighted by molar-refractivity contribution is 0.0937. The van der Waals surface area contributed by atoms with E-state index in [2.05, 4.69) is 9.88 Å². The van der Waals surface area contributed by atoms with Gasteiger partial charge in [-0.3, -0.25) is 4.79 Å². The van der Waals surface area contributed by atoms with Crippen molar-refractivity contribution in [3.8, 4) is 17.2 Å². The number of imidazole rings is 1. The Morgan fingerprint density at radius 3 is 2.21 bits per heavy atom. The summed E-state index contributed by atoms with van der Waals surface area (Å²) in [6.07, 6.45) is 0.790. The minimum absolute atomic E-state index is 0.156. The first-order valence-corrected chi connectivity index (χ1v) is 11.3. The number of fused-ring (bicyclic) bond motifs is 1. The Hall–Kier alpha value is -4.00. The summed E-state index contributed by atoms with van der Waals surface area (Å²) >= 11 is 0. The number of aromatic nitrogens is 2. The van der Waals surface area contributed by atoms with Crippen LogP contribution in [0.25, 0.3) is 11.0 Å². The van der Waals surface area contributed by atoms with Crippen LogP contribution in [-0.2, 0) is 6.54 Å². The van der Waals surface area contributed by atoms with Crippen LogP contribution in [0.2, 0.25) is 0 Å². The second-order valence-electron chi connectivity index (χ2n) is 7.91. The van der Waals surface area contributed by atoms with Crippen molar-refractivity contribution >= 4 is 16.9 Å². The van der Waals surface area contributed by atoms with Gasteiger partial charge in [0, 0.05) is 12.1 Å². The molecule has 0 spiro atoms. The van der Waals surface area contributed by atoms with Gasteiger partial charge in [0.05, 0.1) is 37.9 Å². The van der Waals surface area contributed by atoms with Crippen LogP contribution < -0.4 is 19.5 Å². The van der Waals surface area contributed by atoms with Gasteiger partial charge in [-0.05, 0) is 74.0 Å². The number of ether oxygens (including phenoxy) is 3. The highest BCUT2D eigenvalue weighted by Crippen LogP contribution is 2.23. The number of hydrogen-bond donors (Lipinski definition) is 1. The molecular formula is C27H29N3O4. The van der Waals surface area contributed by atoms with Gasteiger partial charge >= 0.3 is 0 Å². The number of carbonyl (C=O) groups is 1. The summed E-state index contributed by atoms with van der Waals surface area (Å²) in [6, 6.07) is 22.3. The lowest BCUT2D eigenvalue weighted by atomic mass is 10.2. The summed E-state index contributed by atoms with van der Waals surface area (Å²) in [5, 5.41) is 3.07. The Morgan fingerprint density at radius 1 is 0.912 bits per heavy atom. The van der Waals surface area contributed by atoms with E-state index in [1.54, 1.807) is 38.5 Å². The molecule has 1 amide bonds. The minimum Gasteiger partial charge on any atom is -0.497 e. The largest absolute Gasteiger partial charge is 0.497 e. The molecule has 1 aromatic heterocycles. The molecule has 176 valence electrons. The van der Waals surface area contributed by atoms with Gasteiger partial charge in [0.25, 0.3) is 5.91 Å². The molecule has 0 aliphatic heterocycles. The molecule has 1 heterocycles. The quantitative estimate of drug-likeness (QED) is 0.337. The van der Waals surface area contributed by atoms with Crippen LogP contribution in [-0.4, -0.2) is 36.3 Å². The second-order valence-corrected chi connectivity index (χ2v) is 7.91. The van der Waals surface area contributed by atoms with Crippen LogP contribution in [0.15, 0.2) is 72.8 Å². The Labute approximate surface area is 199 Å². The number of rotatable bonds is 10. The third-order valence-corrected chi connectivity index (χ3v) is 5.63. The van der Waals surface area contributed by atoms with Crippen molar-refractivity contribution < 1.29 is 19.0 Å². The first-order chi connectivity index (χ1) is 16.6. The molecule has 0 radical (unpaired) electrons. The number of aryl methyl sites for hydroxylation is 1. The molecule has 0 aliphatic carbocycles. The van der Waals surface area contributed by atoms with E-state index in [1.807, 2.05) is 55.5 Å². The molecule has 0 fully saturated rings. The summed E-state index contributed by atoms with van der Waals surface area (Å²) in [4.78, 5) is 17.6. The highest BCUT2D eigenvalue weighted by molar-refractivity contribution is 5.94. The van der Waals surface area contributed by atoms with Crippen LogP contribution >= 0.6 is 0 Å². The van der Waals surface area contributed by atoms with Crippen LogP contribution in [0.1, 0.15) is 35.6 Å². The summed E-state index contributed by atoms with van der Waals surface area (Å²) in [6.45, 7) is 3.23. The predicted molar refractivity (Wildman–Crippen MR) is 132 cm³/mol. The SMILES string of the molecule is COc1ccc(OCCCn2c(C(C)NC(=O)c3ccc(OC)cc3)nc3ccccc32)cc1. The normalized spacial score (nSPS) is 11.7. The topological polar surface area (TPSA) is 74.6 Å². The molecule has 0 saturated heterocycles. The first-order valence-electron chi connectivity index (χ1n) is 11.3. The summed E-state index contributed by atoms with van der Waals surface area (Å²) < 4.78 is 18.4. The molecule has 0 bridgehead atoms. The van der Waals surface area contributed by atoms with Gasteiger partial charge in [-0.15, -0.1) is 0 Å². The molecule has 1 N–H and O–H groups in total. The van der Waals surface area contributed by atoms with Crippen LogP contribution in [0.3, 0.4) is 0 Å². The predicted octanol–water partition coefficient (Wildman–Crippen LogP) is 5.01. The van der Waals surface area contributed by atoms with Gasteiger partial charge in [-0.1, -0.05) is 12.1 Å². The maximum atomic E-state index is 12.8. The standard InChI is InChI=1S/C27H29N3O4/c1-19(28-27(31)20-9-11-21(32-2)12-10-20)26-29-24-7-4-5-8-25(24)30(26)17-6-18-34-23-15-13-22(33-3)14-16-23/h4-5,7-16,19H,6,17-18H2,1-3H3,(H,28,31). The molecule has 0 aliphatic rings. The van der Waals surface area contributed by atoms with E-state index in [9.17, 15) is 4.79 Å². The zero-order valence-electron chi connectivity index (χ0n) is 19.7. The van der Waals surface area contributed by atoms with Crippen molar-refractivity contribution in [2.45, 2.75) is 25.9 Å². The van der Waals surface area contributed by atoms with Crippen LogP contribution in [0, 0.1) is 0 Å². The number of benzene rings is 3. The van der Waals surface area contributed by atoms with Gasteiger partial charge in [-0.25, -0.2) is 4.98 Å². The van der Waals surface area contributed by atoms with Gasteiger partial charge in [0.2, 0.25) is 0 Å². The fraction of sp³-hybridized carbons (Fsp3) is 0.259. The zero-order chi connectivity index (χ0) is 23.9. The van der Waals surface area contributed by atoms with Crippen molar-refractivity contribution in [2.24, 2.45) is 0 Å². The van der Waals surface area contributed by atoms with Gasteiger partial charge in [-0.2, -0.15) is 0 Å². The van der Waals surface area contributed by atoms with Crippen molar-refractivity contribution in [1.82, 2.24) is 14.9 Å². The van der Waals surface area contributed by atoms with E-state index in [4.69, 9.17) is 19.2 Å². The first kappa shape index (κ1) is 23.2. The molecule has 7 nitrogen and oxygen atoms in total. The lowest BCUT2D eigenvalue weighted by Crippen LogP contribution is -2.28. The number of hydrogen-bond acceptors (Lipinski definition) is 5. The monoisotopic (exact) mass is 459 g/mol. The number of carbonyl (C=O) groups excluding carboxylic acids is 1. The number of amides is 1. The Kier molecular flexibility index (Phi) is 7.32. The average Bonchev–Trinajstić information content (AvgIpc) is 3.25. The third kappa shape index (κ3) is 5.31. The fourth-order valence-corrected chi connectivity index (χ4v) is 3.83. The highest BCUT2D eigenvalue weighted by Gasteiger charge is 2.19. The lowest BCUT2D eigenvalue weighted by Gasteiger charge is -2.17. The molecule has 4 aromatic rings. The smallest absolute Gasteiger partial charge is 0.251 e. The molecule has 7 heteroatoms. The zero-order valence-corrected chi connectivity index (χ0v) is 19.7. The van der Waals surface area contributed by atoms with E-state index in [0.29, 0.717) is 17.9 Å². The fourth-order valence-electron chi connectivity index (χ4n) is 3.83. The molecule has 0 saturated carbocycles. The summed E-state index contributed by atoms with van der Waals surface area (Å²) in [5.41, 5.74) is 2.51. The molecule has 3 aromatic carbocycles. The summed E-state index contributed by atoms with van der Waals surface area (Å²) in [5.74, 6) is 2.97. The van der Waals surface area contributed by atoms with Crippen molar-refractivity contribution in [3.63, 3.8) is 0 Å². The van der Waals surface area contributed by atoms with Crippen LogP contribution in [0.4, 0.5) is 0 Å². The van der Waals surface area contributed by atoms with E-state index in [0.717, 1.165) is 41.3 Å². The number of nitrogens with zero attached hydrogens (tertiary/aromatic N) is 2. The Morgan fingerprint density at radius 2 is 1.53 bits per heavy atom. The molecular weight excluding hydrogens is 430 g/mol. The maximum Gasteiger partial charge on any atom is 0.251 e. The summed E-state index contributed by atoms with van der Waals surface area (Å²) in [7, 11) is 3.24. The van der Waals surface area contributed by atoms with E-state index >= 15 is 0 Å². The van der Waals surface area contributed by atoms with E-state index < -0.39 is 0 Å². The van der Waals surface area contributed by atoms with E-state index in [-0.39, 0.29) is 11.9 Å². The Bertz CT molecular complexity index is 1230. The maximum absolute atomic E-state index is 12.8. The molecule has 4 rings (SSSR count). The number of para-hydroxylation sites is 2. The van der Waals surface area contributed by atoms with Gasteiger partial charge in [0.15, 0.2) is 0 Å². The van der Waals surface area contributed by atoms with Gasteiger partial charge < -0.3 is 24.1 Å². The Balaban J connectivity index is 1.44. The van der Waals surface area contributed by atoms with Gasteiger partial charge in [0.1, 0.15) is 23.1 Å². The van der Waals surface area contributed by atoms with Crippen LogP contribution in [0.5, 0.6) is 17.2 Å². The number of methoxy groups -OCH3 is 2. The molecule has 1 atom stereocenters. The average molecular weight is 460 g/mol. The molecule has 1 unspecified atom stereocenters. The molecule has 34 heavy (non-hydrogen) atoms. The van der Waals surface area contributed by atoms with Crippen molar-refractivity contribution in [3.05, 3.63) is 84.2 Å². The van der Waals surface area contributed by atoms with E-state index in [1.165, 1.54) is 0 Å². The minimum atomic E-state index is -0.274. The third-order valence-electron chi connectivity index (χ3n) is 5.63. The number of nitrogens with one attached hydrogen (secondary N) is 1.